The predicted molar refractivity (Wildman–Crippen MR) is 87.6 cm³/mol. The summed E-state index contributed by atoms with van der Waals surface area (Å²) in [6, 6.07) is 4.91. The molecule has 2 rings (SSSR count). The molecule has 0 aliphatic rings. The van der Waals surface area contributed by atoms with Crippen LogP contribution in [0.3, 0.4) is 0 Å². The van der Waals surface area contributed by atoms with Crippen molar-refractivity contribution in [2.24, 2.45) is 5.92 Å². The van der Waals surface area contributed by atoms with E-state index in [1.807, 2.05) is 13.8 Å². The minimum absolute atomic E-state index is 0.0826. The van der Waals surface area contributed by atoms with Crippen molar-refractivity contribution >= 4 is 22.9 Å². The fourth-order valence-electron chi connectivity index (χ4n) is 2.21. The normalized spacial score (nSPS) is 10.8. The summed E-state index contributed by atoms with van der Waals surface area (Å²) in [5, 5.41) is 0.606. The van der Waals surface area contributed by atoms with Crippen LogP contribution in [0.25, 0.3) is 17.0 Å². The summed E-state index contributed by atoms with van der Waals surface area (Å²) in [4.78, 5) is 15.9. The number of hydrogen-bond acceptors (Lipinski definition) is 4. The van der Waals surface area contributed by atoms with E-state index in [1.54, 1.807) is 18.2 Å². The number of ether oxygens (including phenoxy) is 2. The van der Waals surface area contributed by atoms with Crippen LogP contribution in [0.4, 0.5) is 4.39 Å². The van der Waals surface area contributed by atoms with Crippen LogP contribution in [-0.4, -0.2) is 18.1 Å². The molecule has 0 N–H and O–H groups in total. The summed E-state index contributed by atoms with van der Waals surface area (Å²) >= 11 is 0. The maximum absolute atomic E-state index is 14.2. The Balaban J connectivity index is 2.33. The maximum Gasteiger partial charge on any atom is 0.306 e. The van der Waals surface area contributed by atoms with Gasteiger partial charge in [-0.2, -0.15) is 0 Å². The number of methoxy groups -OCH3 is 1. The lowest BCUT2D eigenvalue weighted by Crippen LogP contribution is -2.09. The number of carbonyl (C=O) groups is 1. The molecular weight excluding hydrogens is 297 g/mol. The number of hydrogen-bond donors (Lipinski definition) is 0. The van der Waals surface area contributed by atoms with Crippen molar-refractivity contribution in [2.75, 3.05) is 7.11 Å². The lowest BCUT2D eigenvalue weighted by molar-refractivity contribution is -0.146. The van der Waals surface area contributed by atoms with Crippen LogP contribution in [0.2, 0.25) is 0 Å². The van der Waals surface area contributed by atoms with Gasteiger partial charge in [-0.15, -0.1) is 0 Å². The van der Waals surface area contributed by atoms with Crippen molar-refractivity contribution in [3.8, 4) is 5.75 Å². The quantitative estimate of drug-likeness (QED) is 0.752. The van der Waals surface area contributed by atoms with Gasteiger partial charge in [0.05, 0.1) is 7.11 Å². The average Bonchev–Trinajstić information content (AvgIpc) is 2.51. The molecule has 0 bridgehead atoms. The number of rotatable bonds is 6. The second-order valence-corrected chi connectivity index (χ2v) is 5.67. The van der Waals surface area contributed by atoms with Crippen LogP contribution >= 0.6 is 0 Å². The highest BCUT2D eigenvalue weighted by molar-refractivity contribution is 5.87. The smallest absolute Gasteiger partial charge is 0.306 e. The Bertz CT molecular complexity index is 741. The van der Waals surface area contributed by atoms with Crippen LogP contribution in [0.5, 0.6) is 5.75 Å². The molecule has 1 aromatic heterocycles. The Hall–Kier alpha value is -2.43. The van der Waals surface area contributed by atoms with Gasteiger partial charge in [0.1, 0.15) is 29.4 Å². The van der Waals surface area contributed by atoms with E-state index in [9.17, 15) is 9.18 Å². The Morgan fingerprint density at radius 1 is 1.39 bits per heavy atom. The minimum Gasteiger partial charge on any atom is -0.494 e. The van der Waals surface area contributed by atoms with Crippen molar-refractivity contribution < 1.29 is 18.7 Å². The maximum atomic E-state index is 14.2. The molecule has 4 nitrogen and oxygen atoms in total. The molecule has 0 radical (unpaired) electrons. The molecule has 23 heavy (non-hydrogen) atoms. The second kappa shape index (κ2) is 7.22. The summed E-state index contributed by atoms with van der Waals surface area (Å²) in [5.74, 6) is -0.171. The minimum atomic E-state index is -0.516. The van der Waals surface area contributed by atoms with Gasteiger partial charge < -0.3 is 9.47 Å². The summed E-state index contributed by atoms with van der Waals surface area (Å²) in [7, 11) is 1.52. The molecule has 0 aliphatic heterocycles. The first-order chi connectivity index (χ1) is 10.9. The largest absolute Gasteiger partial charge is 0.494 e. The van der Waals surface area contributed by atoms with Crippen LogP contribution in [0.15, 0.2) is 24.8 Å². The third kappa shape index (κ3) is 4.06. The van der Waals surface area contributed by atoms with Gasteiger partial charge in [-0.1, -0.05) is 26.5 Å². The number of nitrogens with zero attached hydrogens (tertiary/aromatic N) is 1. The Kier molecular flexibility index (Phi) is 5.32. The molecule has 0 unspecified atom stereocenters. The molecule has 0 amide bonds. The molecule has 5 heteroatoms. The van der Waals surface area contributed by atoms with E-state index in [0.29, 0.717) is 23.1 Å². The van der Waals surface area contributed by atoms with E-state index in [4.69, 9.17) is 9.47 Å². The van der Waals surface area contributed by atoms with Gasteiger partial charge in [0.15, 0.2) is 0 Å². The van der Waals surface area contributed by atoms with Gasteiger partial charge in [-0.05, 0) is 29.7 Å². The molecule has 1 aromatic carbocycles. The first-order valence-corrected chi connectivity index (χ1v) is 7.39. The van der Waals surface area contributed by atoms with Crippen LogP contribution in [-0.2, 0) is 16.1 Å². The fourth-order valence-corrected chi connectivity index (χ4v) is 2.21. The first kappa shape index (κ1) is 16.9. The molecule has 1 heterocycles. The van der Waals surface area contributed by atoms with Gasteiger partial charge in [-0.3, -0.25) is 4.79 Å². The summed E-state index contributed by atoms with van der Waals surface area (Å²) in [6.45, 7) is 7.33. The van der Waals surface area contributed by atoms with E-state index < -0.39 is 5.82 Å². The molecule has 0 spiro atoms. The summed E-state index contributed by atoms with van der Waals surface area (Å²) in [5.41, 5.74) is 1.42. The van der Waals surface area contributed by atoms with Gasteiger partial charge >= 0.3 is 5.97 Å². The zero-order valence-corrected chi connectivity index (χ0v) is 13.6. The molecule has 0 atom stereocenters. The van der Waals surface area contributed by atoms with Crippen molar-refractivity contribution in [1.29, 1.82) is 0 Å². The highest BCUT2D eigenvalue weighted by atomic mass is 19.1. The predicted octanol–water partition coefficient (Wildman–Crippen LogP) is 4.11. The zero-order valence-electron chi connectivity index (χ0n) is 13.6. The average molecular weight is 317 g/mol. The lowest BCUT2D eigenvalue weighted by atomic mass is 10.1. The number of pyridine rings is 1. The standard InChI is InChI=1S/C18H20FNO3/c1-5-12-7-13-9-14(19)15(10-23-17(21)6-11(2)3)20-18(13)16(8-12)22-4/h5,7-9,11H,1,6,10H2,2-4H3. The molecule has 122 valence electrons. The molecule has 0 fully saturated rings. The van der Waals surface area contributed by atoms with E-state index >= 15 is 0 Å². The fraction of sp³-hybridized carbons (Fsp3) is 0.333. The SMILES string of the molecule is C=Cc1cc(OC)c2nc(COC(=O)CC(C)C)c(F)cc2c1. The second-order valence-electron chi connectivity index (χ2n) is 5.67. The van der Waals surface area contributed by atoms with Crippen molar-refractivity contribution in [3.05, 3.63) is 41.9 Å². The molecule has 0 aliphatic carbocycles. The lowest BCUT2D eigenvalue weighted by Gasteiger charge is -2.11. The Labute approximate surface area is 134 Å². The number of esters is 1. The molecule has 2 aromatic rings. The summed E-state index contributed by atoms with van der Waals surface area (Å²) in [6.07, 6.45) is 1.95. The highest BCUT2D eigenvalue weighted by Gasteiger charge is 2.14. The van der Waals surface area contributed by atoms with E-state index in [1.165, 1.54) is 13.2 Å². The van der Waals surface area contributed by atoms with Gasteiger partial charge in [0.25, 0.3) is 0 Å². The third-order valence-electron chi connectivity index (χ3n) is 3.33. The number of benzene rings is 1. The van der Waals surface area contributed by atoms with Crippen molar-refractivity contribution in [3.63, 3.8) is 0 Å². The number of carbonyl (C=O) groups excluding carboxylic acids is 1. The zero-order chi connectivity index (χ0) is 17.0. The van der Waals surface area contributed by atoms with E-state index in [-0.39, 0.29) is 24.2 Å². The molecule has 0 saturated heterocycles. The van der Waals surface area contributed by atoms with E-state index in [0.717, 1.165) is 5.56 Å². The van der Waals surface area contributed by atoms with Crippen LogP contribution in [0.1, 0.15) is 31.5 Å². The topological polar surface area (TPSA) is 48.4 Å². The Morgan fingerprint density at radius 2 is 2.13 bits per heavy atom. The highest BCUT2D eigenvalue weighted by Crippen LogP contribution is 2.28. The number of fused-ring (bicyclic) bond motifs is 1. The molecular formula is C18H20FNO3. The van der Waals surface area contributed by atoms with Crippen molar-refractivity contribution in [1.82, 2.24) is 4.98 Å². The third-order valence-corrected chi connectivity index (χ3v) is 3.33. The first-order valence-electron chi connectivity index (χ1n) is 7.39. The van der Waals surface area contributed by atoms with Gasteiger partial charge in [-0.25, -0.2) is 9.37 Å². The van der Waals surface area contributed by atoms with E-state index in [2.05, 4.69) is 11.6 Å². The van der Waals surface area contributed by atoms with Crippen LogP contribution < -0.4 is 4.74 Å². The van der Waals surface area contributed by atoms with Crippen molar-refractivity contribution in [2.45, 2.75) is 26.9 Å². The number of halogens is 1. The van der Waals surface area contributed by atoms with Gasteiger partial charge in [0.2, 0.25) is 0 Å². The Morgan fingerprint density at radius 3 is 2.74 bits per heavy atom. The molecule has 0 saturated carbocycles. The van der Waals surface area contributed by atoms with Crippen LogP contribution in [0, 0.1) is 11.7 Å². The summed E-state index contributed by atoms with van der Waals surface area (Å²) < 4.78 is 24.6. The number of aromatic nitrogens is 1. The monoisotopic (exact) mass is 317 g/mol. The van der Waals surface area contributed by atoms with Gasteiger partial charge in [0, 0.05) is 11.8 Å².